The Labute approximate surface area is 153 Å². The molecule has 0 aliphatic heterocycles. The van der Waals surface area contributed by atoms with Gasteiger partial charge in [0.1, 0.15) is 17.1 Å². The van der Waals surface area contributed by atoms with Crippen LogP contribution >= 0.6 is 0 Å². The second-order valence-electron chi connectivity index (χ2n) is 5.97. The van der Waals surface area contributed by atoms with Crippen molar-refractivity contribution in [1.82, 2.24) is 9.97 Å². The van der Waals surface area contributed by atoms with Crippen LogP contribution in [0.15, 0.2) is 65.7 Å². The van der Waals surface area contributed by atoms with E-state index in [0.29, 0.717) is 27.8 Å². The number of benzene rings is 3. The highest BCUT2D eigenvalue weighted by molar-refractivity contribution is 6.04. The van der Waals surface area contributed by atoms with Gasteiger partial charge in [0, 0.05) is 5.56 Å². The van der Waals surface area contributed by atoms with Crippen molar-refractivity contribution in [2.45, 2.75) is 0 Å². The predicted molar refractivity (Wildman–Crippen MR) is 99.6 cm³/mol. The van der Waals surface area contributed by atoms with Crippen LogP contribution < -0.4 is 5.56 Å². The third kappa shape index (κ3) is 2.81. The maximum Gasteiger partial charge on any atom is 0.259 e. The van der Waals surface area contributed by atoms with Gasteiger partial charge < -0.3 is 10.1 Å². The zero-order valence-electron chi connectivity index (χ0n) is 13.9. The summed E-state index contributed by atoms with van der Waals surface area (Å²) in [6.45, 7) is 0. The molecule has 0 aliphatic rings. The number of H-pyrrole nitrogens is 1. The molecule has 4 aromatic rings. The molecule has 0 fully saturated rings. The number of aromatic amines is 1. The van der Waals surface area contributed by atoms with Gasteiger partial charge in [0.05, 0.1) is 23.3 Å². The van der Waals surface area contributed by atoms with Crippen LogP contribution in [0.2, 0.25) is 0 Å². The van der Waals surface area contributed by atoms with Crippen molar-refractivity contribution in [1.29, 1.82) is 5.26 Å². The highest BCUT2D eigenvalue weighted by atomic mass is 19.1. The van der Waals surface area contributed by atoms with Gasteiger partial charge >= 0.3 is 0 Å². The molecule has 1 aromatic heterocycles. The molecule has 0 bridgehead atoms. The van der Waals surface area contributed by atoms with Crippen LogP contribution in [0.4, 0.5) is 4.39 Å². The summed E-state index contributed by atoms with van der Waals surface area (Å²) in [5, 5.41) is 19.7. The maximum absolute atomic E-state index is 13.4. The molecule has 0 saturated carbocycles. The minimum absolute atomic E-state index is 0.146. The first-order valence-electron chi connectivity index (χ1n) is 8.08. The van der Waals surface area contributed by atoms with E-state index in [2.05, 4.69) is 16.0 Å². The molecule has 6 heteroatoms. The zero-order valence-corrected chi connectivity index (χ0v) is 13.9. The molecule has 5 nitrogen and oxygen atoms in total. The zero-order chi connectivity index (χ0) is 19.0. The molecule has 0 saturated heterocycles. The summed E-state index contributed by atoms with van der Waals surface area (Å²) in [6.07, 6.45) is 1.23. The molecule has 0 spiro atoms. The van der Waals surface area contributed by atoms with Crippen molar-refractivity contribution < 1.29 is 9.50 Å². The summed E-state index contributed by atoms with van der Waals surface area (Å²) < 4.78 is 13.4. The van der Waals surface area contributed by atoms with E-state index in [-0.39, 0.29) is 22.5 Å². The van der Waals surface area contributed by atoms with Crippen molar-refractivity contribution in [2.24, 2.45) is 0 Å². The lowest BCUT2D eigenvalue weighted by Gasteiger charge is -2.14. The Morgan fingerprint density at radius 3 is 2.37 bits per heavy atom. The first-order chi connectivity index (χ1) is 13.1. The molecule has 0 unspecified atom stereocenters. The highest BCUT2D eigenvalue weighted by Gasteiger charge is 2.18. The van der Waals surface area contributed by atoms with E-state index in [9.17, 15) is 14.3 Å². The SMILES string of the molecule is N#Cc1ccc(-c2c(-c3ccc(F)cc3)cc(O)c3nc[nH]c(=O)c23)cc1. The van der Waals surface area contributed by atoms with Crippen molar-refractivity contribution in [2.75, 3.05) is 0 Å². The van der Waals surface area contributed by atoms with E-state index >= 15 is 0 Å². The number of hydrogen-bond acceptors (Lipinski definition) is 4. The molecule has 3 aromatic carbocycles. The van der Waals surface area contributed by atoms with Crippen LogP contribution in [0.3, 0.4) is 0 Å². The van der Waals surface area contributed by atoms with E-state index in [1.807, 2.05) is 0 Å². The molecule has 0 radical (unpaired) electrons. The number of nitrogens with zero attached hydrogens (tertiary/aromatic N) is 2. The van der Waals surface area contributed by atoms with E-state index in [4.69, 9.17) is 5.26 Å². The average molecular weight is 357 g/mol. The third-order valence-electron chi connectivity index (χ3n) is 4.35. The Hall–Kier alpha value is -3.98. The number of nitriles is 1. The topological polar surface area (TPSA) is 89.8 Å². The normalized spacial score (nSPS) is 10.7. The van der Waals surface area contributed by atoms with Gasteiger partial charge in [-0.1, -0.05) is 24.3 Å². The van der Waals surface area contributed by atoms with Crippen molar-refractivity contribution in [3.8, 4) is 34.1 Å². The van der Waals surface area contributed by atoms with E-state index in [1.54, 1.807) is 36.4 Å². The van der Waals surface area contributed by atoms with Crippen LogP contribution in [0.5, 0.6) is 5.75 Å². The highest BCUT2D eigenvalue weighted by Crippen LogP contribution is 2.40. The quantitative estimate of drug-likeness (QED) is 0.568. The Morgan fingerprint density at radius 1 is 1.04 bits per heavy atom. The van der Waals surface area contributed by atoms with Crippen LogP contribution in [0, 0.1) is 17.1 Å². The predicted octanol–water partition coefficient (Wildman–Crippen LogP) is 3.97. The van der Waals surface area contributed by atoms with Crippen molar-refractivity contribution in [3.05, 3.63) is 82.7 Å². The van der Waals surface area contributed by atoms with Gasteiger partial charge in [-0.3, -0.25) is 4.79 Å². The second-order valence-corrected chi connectivity index (χ2v) is 5.97. The number of phenolic OH excluding ortho intramolecular Hbond substituents is 1. The number of hydrogen-bond donors (Lipinski definition) is 2. The smallest absolute Gasteiger partial charge is 0.259 e. The molecule has 0 atom stereocenters. The third-order valence-corrected chi connectivity index (χ3v) is 4.35. The van der Waals surface area contributed by atoms with E-state index in [1.165, 1.54) is 24.5 Å². The number of fused-ring (bicyclic) bond motifs is 1. The Balaban J connectivity index is 2.13. The molecular formula is C21H12FN3O2. The molecule has 0 amide bonds. The Morgan fingerprint density at radius 2 is 1.70 bits per heavy atom. The lowest BCUT2D eigenvalue weighted by Crippen LogP contribution is -2.08. The summed E-state index contributed by atoms with van der Waals surface area (Å²) in [4.78, 5) is 19.2. The number of nitrogens with one attached hydrogen (secondary N) is 1. The van der Waals surface area contributed by atoms with Gasteiger partial charge in [0.15, 0.2) is 0 Å². The molecule has 4 rings (SSSR count). The van der Waals surface area contributed by atoms with Gasteiger partial charge in [-0.05, 0) is 47.0 Å². The Bertz CT molecular complexity index is 1250. The molecular weight excluding hydrogens is 345 g/mol. The fourth-order valence-corrected chi connectivity index (χ4v) is 3.11. The largest absolute Gasteiger partial charge is 0.506 e. The van der Waals surface area contributed by atoms with Crippen LogP contribution in [0.1, 0.15) is 5.56 Å². The van der Waals surface area contributed by atoms with Gasteiger partial charge in [-0.15, -0.1) is 0 Å². The lowest BCUT2D eigenvalue weighted by atomic mass is 9.90. The number of aromatic nitrogens is 2. The summed E-state index contributed by atoms with van der Waals surface area (Å²) in [5.74, 6) is -0.531. The van der Waals surface area contributed by atoms with Gasteiger partial charge in [-0.25, -0.2) is 9.37 Å². The summed E-state index contributed by atoms with van der Waals surface area (Å²) in [5.41, 5.74) is 2.67. The Kier molecular flexibility index (Phi) is 3.90. The van der Waals surface area contributed by atoms with Crippen molar-refractivity contribution in [3.63, 3.8) is 0 Å². The molecule has 1 heterocycles. The monoisotopic (exact) mass is 357 g/mol. The first-order valence-corrected chi connectivity index (χ1v) is 8.08. The van der Waals surface area contributed by atoms with Crippen LogP contribution in [-0.2, 0) is 0 Å². The summed E-state index contributed by atoms with van der Waals surface area (Å²) in [6, 6.07) is 16.1. The lowest BCUT2D eigenvalue weighted by molar-refractivity contribution is 0.480. The molecule has 130 valence electrons. The number of halogens is 1. The van der Waals surface area contributed by atoms with Gasteiger partial charge in [0.25, 0.3) is 5.56 Å². The van der Waals surface area contributed by atoms with Crippen molar-refractivity contribution >= 4 is 10.9 Å². The maximum atomic E-state index is 13.4. The minimum Gasteiger partial charge on any atom is -0.506 e. The molecule has 0 aliphatic carbocycles. The number of phenols is 1. The number of aromatic hydroxyl groups is 1. The molecule has 2 N–H and O–H groups in total. The minimum atomic E-state index is -0.404. The van der Waals surface area contributed by atoms with Crippen LogP contribution in [0.25, 0.3) is 33.2 Å². The fourth-order valence-electron chi connectivity index (χ4n) is 3.11. The van der Waals surface area contributed by atoms with E-state index in [0.717, 1.165) is 0 Å². The average Bonchev–Trinajstić information content (AvgIpc) is 2.69. The van der Waals surface area contributed by atoms with Crippen LogP contribution in [-0.4, -0.2) is 15.1 Å². The summed E-state index contributed by atoms with van der Waals surface area (Å²) >= 11 is 0. The van der Waals surface area contributed by atoms with E-state index < -0.39 is 5.56 Å². The second kappa shape index (κ2) is 6.39. The summed E-state index contributed by atoms with van der Waals surface area (Å²) in [7, 11) is 0. The molecule has 27 heavy (non-hydrogen) atoms. The fraction of sp³-hybridized carbons (Fsp3) is 0. The van der Waals surface area contributed by atoms with Gasteiger partial charge in [-0.2, -0.15) is 5.26 Å². The first kappa shape index (κ1) is 16.5. The van der Waals surface area contributed by atoms with Gasteiger partial charge in [0.2, 0.25) is 0 Å². The number of rotatable bonds is 2. The standard InChI is InChI=1S/C21H12FN3O2/c22-15-7-5-13(6-8-15)16-9-17(26)20-19(21(27)25-11-24-20)18(16)14-3-1-12(10-23)2-4-14/h1-9,11,26H,(H,24,25,27).